The van der Waals surface area contributed by atoms with E-state index in [4.69, 9.17) is 9.84 Å². The van der Waals surface area contributed by atoms with Gasteiger partial charge in [-0.1, -0.05) is 0 Å². The van der Waals surface area contributed by atoms with Crippen LogP contribution < -0.4 is 5.32 Å². The fourth-order valence-electron chi connectivity index (χ4n) is 1.98. The van der Waals surface area contributed by atoms with Gasteiger partial charge < -0.3 is 15.2 Å². The van der Waals surface area contributed by atoms with Gasteiger partial charge in [0.15, 0.2) is 0 Å². The minimum Gasteiger partial charge on any atom is -0.480 e. The molecule has 0 radical (unpaired) electrons. The number of carbonyl (C=O) groups excluding carboxylic acids is 2. The summed E-state index contributed by atoms with van der Waals surface area (Å²) in [6, 6.07) is -1.32. The zero-order valence-corrected chi connectivity index (χ0v) is 11.6. The summed E-state index contributed by atoms with van der Waals surface area (Å²) in [6.45, 7) is 6.63. The number of amides is 2. The Kier molecular flexibility index (Phi) is 4.39. The first-order chi connectivity index (χ1) is 8.60. The molecule has 0 bridgehead atoms. The molecule has 7 nitrogen and oxygen atoms in total. The first kappa shape index (κ1) is 15.3. The molecule has 2 atom stereocenters. The SMILES string of the molecule is CC(=O)N[C@H]1C[C@@H](C(=O)O)N(C(=O)OC(C)(C)C)C1. The molecular weight excluding hydrogens is 252 g/mol. The van der Waals surface area contributed by atoms with Gasteiger partial charge in [-0.3, -0.25) is 9.69 Å². The van der Waals surface area contributed by atoms with Crippen molar-refractivity contribution in [3.63, 3.8) is 0 Å². The van der Waals surface area contributed by atoms with Crippen LogP contribution in [-0.2, 0) is 14.3 Å². The van der Waals surface area contributed by atoms with Crippen LogP contribution in [-0.4, -0.2) is 52.2 Å². The Morgan fingerprint density at radius 2 is 1.89 bits per heavy atom. The molecule has 108 valence electrons. The number of likely N-dealkylation sites (tertiary alicyclic amines) is 1. The predicted octanol–water partition coefficient (Wildman–Crippen LogP) is 0.585. The van der Waals surface area contributed by atoms with E-state index in [1.54, 1.807) is 20.8 Å². The lowest BCUT2D eigenvalue weighted by atomic mass is 10.2. The molecule has 1 aliphatic heterocycles. The van der Waals surface area contributed by atoms with E-state index in [9.17, 15) is 14.4 Å². The lowest BCUT2D eigenvalue weighted by molar-refractivity contribution is -0.142. The van der Waals surface area contributed by atoms with Crippen LogP contribution in [0.15, 0.2) is 0 Å². The van der Waals surface area contributed by atoms with Gasteiger partial charge >= 0.3 is 12.1 Å². The van der Waals surface area contributed by atoms with Crippen molar-refractivity contribution < 1.29 is 24.2 Å². The normalized spacial score (nSPS) is 23.1. The summed E-state index contributed by atoms with van der Waals surface area (Å²) in [5.41, 5.74) is -0.688. The predicted molar refractivity (Wildman–Crippen MR) is 66.6 cm³/mol. The molecule has 0 aromatic heterocycles. The highest BCUT2D eigenvalue weighted by molar-refractivity contribution is 5.81. The maximum absolute atomic E-state index is 11.9. The minimum atomic E-state index is -1.10. The monoisotopic (exact) mass is 272 g/mol. The fourth-order valence-corrected chi connectivity index (χ4v) is 1.98. The molecule has 7 heteroatoms. The third-order valence-electron chi connectivity index (χ3n) is 2.62. The third-order valence-corrected chi connectivity index (χ3v) is 2.62. The van der Waals surface area contributed by atoms with Crippen molar-refractivity contribution in [2.45, 2.75) is 51.8 Å². The largest absolute Gasteiger partial charge is 0.480 e. The first-order valence-corrected chi connectivity index (χ1v) is 6.09. The summed E-state index contributed by atoms with van der Waals surface area (Å²) in [4.78, 5) is 35.2. The summed E-state index contributed by atoms with van der Waals surface area (Å²) >= 11 is 0. The fraction of sp³-hybridized carbons (Fsp3) is 0.750. The van der Waals surface area contributed by atoms with Crippen molar-refractivity contribution in [1.82, 2.24) is 10.2 Å². The zero-order chi connectivity index (χ0) is 14.8. The van der Waals surface area contributed by atoms with E-state index in [1.807, 2.05) is 0 Å². The Morgan fingerprint density at radius 3 is 2.32 bits per heavy atom. The molecule has 1 rings (SSSR count). The van der Waals surface area contributed by atoms with Gasteiger partial charge in [-0.25, -0.2) is 9.59 Å². The van der Waals surface area contributed by atoms with Crippen LogP contribution in [0, 0.1) is 0 Å². The molecule has 0 unspecified atom stereocenters. The molecule has 0 aromatic carbocycles. The summed E-state index contributed by atoms with van der Waals surface area (Å²) in [5.74, 6) is -1.35. The van der Waals surface area contributed by atoms with Gasteiger partial charge in [0.1, 0.15) is 11.6 Å². The molecule has 1 fully saturated rings. The average molecular weight is 272 g/mol. The van der Waals surface area contributed by atoms with E-state index in [1.165, 1.54) is 6.92 Å². The highest BCUT2D eigenvalue weighted by Gasteiger charge is 2.41. The number of nitrogens with one attached hydrogen (secondary N) is 1. The van der Waals surface area contributed by atoms with Crippen molar-refractivity contribution in [2.75, 3.05) is 6.54 Å². The van der Waals surface area contributed by atoms with Crippen molar-refractivity contribution >= 4 is 18.0 Å². The van der Waals surface area contributed by atoms with Crippen molar-refractivity contribution in [3.8, 4) is 0 Å². The summed E-state index contributed by atoms with van der Waals surface area (Å²) in [5, 5.41) is 11.7. The maximum Gasteiger partial charge on any atom is 0.411 e. The molecule has 0 aromatic rings. The quantitative estimate of drug-likeness (QED) is 0.766. The minimum absolute atomic E-state index is 0.144. The Morgan fingerprint density at radius 1 is 1.32 bits per heavy atom. The Bertz CT molecular complexity index is 388. The van der Waals surface area contributed by atoms with Crippen LogP contribution in [0.5, 0.6) is 0 Å². The highest BCUT2D eigenvalue weighted by atomic mass is 16.6. The number of carboxylic acid groups (broad SMARTS) is 1. The van der Waals surface area contributed by atoms with Crippen LogP contribution in [0.2, 0.25) is 0 Å². The topological polar surface area (TPSA) is 95.9 Å². The molecule has 0 saturated carbocycles. The molecule has 1 saturated heterocycles. The molecule has 2 N–H and O–H groups in total. The van der Waals surface area contributed by atoms with Crippen molar-refractivity contribution in [1.29, 1.82) is 0 Å². The molecule has 1 heterocycles. The zero-order valence-electron chi connectivity index (χ0n) is 11.6. The van der Waals surface area contributed by atoms with Crippen LogP contribution in [0.1, 0.15) is 34.1 Å². The van der Waals surface area contributed by atoms with Crippen LogP contribution in [0.4, 0.5) is 4.79 Å². The summed E-state index contributed by atoms with van der Waals surface area (Å²) in [6.07, 6.45) is -0.485. The number of carboxylic acids is 1. The van der Waals surface area contributed by atoms with Crippen LogP contribution in [0.25, 0.3) is 0 Å². The number of rotatable bonds is 2. The molecule has 0 aliphatic carbocycles. The molecule has 1 aliphatic rings. The molecular formula is C12H20N2O5. The first-order valence-electron chi connectivity index (χ1n) is 6.09. The van der Waals surface area contributed by atoms with Gasteiger partial charge in [-0.2, -0.15) is 0 Å². The van der Waals surface area contributed by atoms with Gasteiger partial charge in [0.25, 0.3) is 0 Å². The third kappa shape index (κ3) is 4.42. The van der Waals surface area contributed by atoms with Crippen LogP contribution in [0.3, 0.4) is 0 Å². The van der Waals surface area contributed by atoms with Gasteiger partial charge in [-0.05, 0) is 20.8 Å². The van der Waals surface area contributed by atoms with E-state index in [0.29, 0.717) is 0 Å². The number of aliphatic carboxylic acids is 1. The van der Waals surface area contributed by atoms with Gasteiger partial charge in [0.2, 0.25) is 5.91 Å². The number of hydrogen-bond acceptors (Lipinski definition) is 4. The second-order valence-electron chi connectivity index (χ2n) is 5.62. The van der Waals surface area contributed by atoms with Gasteiger partial charge in [0.05, 0.1) is 0 Å². The number of nitrogens with zero attached hydrogens (tertiary/aromatic N) is 1. The standard InChI is InChI=1S/C12H20N2O5/c1-7(15)13-8-5-9(10(16)17)14(6-8)11(18)19-12(2,3)4/h8-9H,5-6H2,1-4H3,(H,13,15)(H,16,17)/t8-,9-/m0/s1. The molecule has 19 heavy (non-hydrogen) atoms. The van der Waals surface area contributed by atoms with E-state index in [2.05, 4.69) is 5.32 Å². The number of ether oxygens (including phenoxy) is 1. The van der Waals surface area contributed by atoms with E-state index in [0.717, 1.165) is 4.90 Å². The highest BCUT2D eigenvalue weighted by Crippen LogP contribution is 2.21. The van der Waals surface area contributed by atoms with Crippen LogP contribution >= 0.6 is 0 Å². The van der Waals surface area contributed by atoms with E-state index >= 15 is 0 Å². The van der Waals surface area contributed by atoms with Crippen molar-refractivity contribution in [3.05, 3.63) is 0 Å². The Balaban J connectivity index is 2.76. The summed E-state index contributed by atoms with van der Waals surface area (Å²) in [7, 11) is 0. The van der Waals surface area contributed by atoms with E-state index in [-0.39, 0.29) is 24.9 Å². The van der Waals surface area contributed by atoms with Gasteiger partial charge in [0, 0.05) is 25.9 Å². The Hall–Kier alpha value is -1.79. The Labute approximate surface area is 111 Å². The maximum atomic E-state index is 11.9. The number of hydrogen-bond donors (Lipinski definition) is 2. The van der Waals surface area contributed by atoms with Gasteiger partial charge in [-0.15, -0.1) is 0 Å². The van der Waals surface area contributed by atoms with Crippen molar-refractivity contribution in [2.24, 2.45) is 0 Å². The lowest BCUT2D eigenvalue weighted by Gasteiger charge is -2.26. The second kappa shape index (κ2) is 5.46. The second-order valence-corrected chi connectivity index (χ2v) is 5.62. The molecule has 2 amide bonds. The number of carbonyl (C=O) groups is 3. The lowest BCUT2D eigenvalue weighted by Crippen LogP contribution is -2.44. The van der Waals surface area contributed by atoms with E-state index < -0.39 is 23.7 Å². The molecule has 0 spiro atoms. The smallest absolute Gasteiger partial charge is 0.411 e. The average Bonchev–Trinajstić information content (AvgIpc) is 2.57. The summed E-state index contributed by atoms with van der Waals surface area (Å²) < 4.78 is 5.17.